The number of nitrogens with two attached hydrogens (primary N) is 1. The highest BCUT2D eigenvalue weighted by Gasteiger charge is 2.19. The minimum absolute atomic E-state index is 0.263. The van der Waals surface area contributed by atoms with Gasteiger partial charge in [0.05, 0.1) is 20.3 Å². The van der Waals surface area contributed by atoms with E-state index in [0.717, 1.165) is 22.6 Å². The molecule has 106 valence electrons. The van der Waals surface area contributed by atoms with Crippen LogP contribution in [0.25, 0.3) is 0 Å². The van der Waals surface area contributed by atoms with Crippen LogP contribution in [0.2, 0.25) is 0 Å². The number of nitrogens with one attached hydrogen (secondary N) is 1. The molecule has 5 heteroatoms. The second-order valence-electron chi connectivity index (χ2n) is 4.42. The molecule has 0 aliphatic rings. The topological polar surface area (TPSA) is 69.4 Å². The maximum Gasteiger partial charge on any atom is 0.142 e. The van der Waals surface area contributed by atoms with Crippen LogP contribution in [0.3, 0.4) is 0 Å². The Hall–Kier alpha value is -2.11. The quantitative estimate of drug-likeness (QED) is 0.644. The molecule has 0 saturated heterocycles. The second kappa shape index (κ2) is 6.36. The van der Waals surface area contributed by atoms with Crippen LogP contribution in [0, 0.1) is 6.92 Å². The predicted octanol–water partition coefficient (Wildman–Crippen LogP) is 1.96. The highest BCUT2D eigenvalue weighted by Crippen LogP contribution is 2.30. The molecule has 0 bridgehead atoms. The van der Waals surface area contributed by atoms with Crippen LogP contribution in [0.4, 0.5) is 0 Å². The molecule has 2 aromatic rings. The lowest BCUT2D eigenvalue weighted by molar-refractivity contribution is 0.399. The summed E-state index contributed by atoms with van der Waals surface area (Å²) in [6.07, 6.45) is 1.72. The number of aromatic nitrogens is 1. The van der Waals surface area contributed by atoms with E-state index >= 15 is 0 Å². The molecule has 1 aromatic carbocycles. The van der Waals surface area contributed by atoms with E-state index in [0.29, 0.717) is 5.75 Å². The summed E-state index contributed by atoms with van der Waals surface area (Å²) in [6.45, 7) is 1.99. The molecule has 1 aromatic heterocycles. The minimum atomic E-state index is -0.263. The first-order valence-electron chi connectivity index (χ1n) is 6.30. The van der Waals surface area contributed by atoms with E-state index in [1.807, 2.05) is 37.3 Å². The number of ether oxygens (including phenoxy) is 2. The number of rotatable bonds is 5. The van der Waals surface area contributed by atoms with E-state index in [-0.39, 0.29) is 6.04 Å². The molecule has 2 rings (SSSR count). The summed E-state index contributed by atoms with van der Waals surface area (Å²) in [5.41, 5.74) is 5.56. The SMILES string of the molecule is COc1cc(C(NN)c2ncccc2OC)ccc1C. The number of hydrazine groups is 1. The Balaban J connectivity index is 2.47. The van der Waals surface area contributed by atoms with Crippen LogP contribution < -0.4 is 20.7 Å². The van der Waals surface area contributed by atoms with E-state index in [9.17, 15) is 0 Å². The van der Waals surface area contributed by atoms with Crippen molar-refractivity contribution in [2.75, 3.05) is 14.2 Å². The van der Waals surface area contributed by atoms with Gasteiger partial charge in [-0.15, -0.1) is 0 Å². The maximum absolute atomic E-state index is 5.70. The van der Waals surface area contributed by atoms with Gasteiger partial charge in [-0.3, -0.25) is 10.8 Å². The van der Waals surface area contributed by atoms with Gasteiger partial charge < -0.3 is 9.47 Å². The molecule has 0 amide bonds. The predicted molar refractivity (Wildman–Crippen MR) is 77.7 cm³/mol. The van der Waals surface area contributed by atoms with Gasteiger partial charge in [-0.05, 0) is 36.2 Å². The van der Waals surface area contributed by atoms with Crippen molar-refractivity contribution in [2.45, 2.75) is 13.0 Å². The molecule has 5 nitrogen and oxygen atoms in total. The fraction of sp³-hybridized carbons (Fsp3) is 0.267. The fourth-order valence-corrected chi connectivity index (χ4v) is 2.14. The van der Waals surface area contributed by atoms with Gasteiger partial charge in [-0.2, -0.15) is 0 Å². The van der Waals surface area contributed by atoms with Gasteiger partial charge in [-0.1, -0.05) is 12.1 Å². The molecule has 0 aliphatic carbocycles. The highest BCUT2D eigenvalue weighted by atomic mass is 16.5. The largest absolute Gasteiger partial charge is 0.496 e. The van der Waals surface area contributed by atoms with Crippen molar-refractivity contribution in [3.63, 3.8) is 0 Å². The van der Waals surface area contributed by atoms with E-state index in [1.54, 1.807) is 20.4 Å². The van der Waals surface area contributed by atoms with Crippen molar-refractivity contribution in [3.8, 4) is 11.5 Å². The molecule has 0 spiro atoms. The molecule has 0 aliphatic heterocycles. The molecule has 1 atom stereocenters. The number of nitrogens with zero attached hydrogens (tertiary/aromatic N) is 1. The van der Waals surface area contributed by atoms with Crippen LogP contribution in [-0.4, -0.2) is 19.2 Å². The first-order valence-corrected chi connectivity index (χ1v) is 6.30. The smallest absolute Gasteiger partial charge is 0.142 e. The summed E-state index contributed by atoms with van der Waals surface area (Å²) in [5, 5.41) is 0. The zero-order valence-electron chi connectivity index (χ0n) is 11.9. The summed E-state index contributed by atoms with van der Waals surface area (Å²) in [5.74, 6) is 7.21. The number of benzene rings is 1. The fourth-order valence-electron chi connectivity index (χ4n) is 2.14. The third-order valence-corrected chi connectivity index (χ3v) is 3.23. The molecule has 1 unspecified atom stereocenters. The molecule has 0 radical (unpaired) electrons. The van der Waals surface area contributed by atoms with Crippen molar-refractivity contribution < 1.29 is 9.47 Å². The second-order valence-corrected chi connectivity index (χ2v) is 4.42. The first kappa shape index (κ1) is 14.3. The summed E-state index contributed by atoms with van der Waals surface area (Å²) < 4.78 is 10.7. The molecular formula is C15H19N3O2. The van der Waals surface area contributed by atoms with Gasteiger partial charge in [-0.25, -0.2) is 5.43 Å². The average Bonchev–Trinajstić information content (AvgIpc) is 2.50. The summed E-state index contributed by atoms with van der Waals surface area (Å²) in [4.78, 5) is 4.37. The third-order valence-electron chi connectivity index (χ3n) is 3.23. The van der Waals surface area contributed by atoms with Crippen molar-refractivity contribution in [3.05, 3.63) is 53.3 Å². The number of pyridine rings is 1. The normalized spacial score (nSPS) is 12.0. The van der Waals surface area contributed by atoms with E-state index in [1.165, 1.54) is 0 Å². The van der Waals surface area contributed by atoms with Crippen molar-refractivity contribution in [1.29, 1.82) is 0 Å². The average molecular weight is 273 g/mol. The minimum Gasteiger partial charge on any atom is -0.496 e. The molecule has 1 heterocycles. The molecular weight excluding hydrogens is 254 g/mol. The number of hydrogen-bond acceptors (Lipinski definition) is 5. The zero-order chi connectivity index (χ0) is 14.5. The zero-order valence-corrected chi connectivity index (χ0v) is 11.9. The number of hydrogen-bond donors (Lipinski definition) is 2. The van der Waals surface area contributed by atoms with Crippen LogP contribution in [-0.2, 0) is 0 Å². The summed E-state index contributed by atoms with van der Waals surface area (Å²) in [6, 6.07) is 9.36. The number of aryl methyl sites for hydroxylation is 1. The molecule has 0 saturated carbocycles. The van der Waals surface area contributed by atoms with E-state index < -0.39 is 0 Å². The molecule has 0 fully saturated rings. The maximum atomic E-state index is 5.70. The van der Waals surface area contributed by atoms with Gasteiger partial charge >= 0.3 is 0 Å². The Morgan fingerprint density at radius 2 is 1.90 bits per heavy atom. The first-order chi connectivity index (χ1) is 9.71. The van der Waals surface area contributed by atoms with Crippen LogP contribution in [0.15, 0.2) is 36.5 Å². The molecule has 20 heavy (non-hydrogen) atoms. The lowest BCUT2D eigenvalue weighted by atomic mass is 10.0. The van der Waals surface area contributed by atoms with Crippen molar-refractivity contribution >= 4 is 0 Å². The summed E-state index contributed by atoms with van der Waals surface area (Å²) in [7, 11) is 3.27. The van der Waals surface area contributed by atoms with Crippen LogP contribution in [0.5, 0.6) is 11.5 Å². The van der Waals surface area contributed by atoms with Gasteiger partial charge in [0.1, 0.15) is 17.2 Å². The van der Waals surface area contributed by atoms with Gasteiger partial charge in [0.2, 0.25) is 0 Å². The van der Waals surface area contributed by atoms with Gasteiger partial charge in [0.15, 0.2) is 0 Å². The van der Waals surface area contributed by atoms with E-state index in [2.05, 4.69) is 10.4 Å². The lowest BCUT2D eigenvalue weighted by Gasteiger charge is -2.19. The Bertz CT molecular complexity index is 587. The third kappa shape index (κ3) is 2.74. The monoisotopic (exact) mass is 273 g/mol. The van der Waals surface area contributed by atoms with E-state index in [4.69, 9.17) is 15.3 Å². The van der Waals surface area contributed by atoms with Crippen molar-refractivity contribution in [1.82, 2.24) is 10.4 Å². The van der Waals surface area contributed by atoms with Crippen molar-refractivity contribution in [2.24, 2.45) is 5.84 Å². The van der Waals surface area contributed by atoms with Crippen LogP contribution >= 0.6 is 0 Å². The Labute approximate surface area is 118 Å². The lowest BCUT2D eigenvalue weighted by Crippen LogP contribution is -2.29. The van der Waals surface area contributed by atoms with Gasteiger partial charge in [0.25, 0.3) is 0 Å². The molecule has 3 N–H and O–H groups in total. The Kier molecular flexibility index (Phi) is 4.55. The van der Waals surface area contributed by atoms with Gasteiger partial charge in [0, 0.05) is 6.20 Å². The number of methoxy groups -OCH3 is 2. The Morgan fingerprint density at radius 3 is 2.55 bits per heavy atom. The summed E-state index contributed by atoms with van der Waals surface area (Å²) >= 11 is 0. The standard InChI is InChI=1S/C15H19N3O2/c1-10-6-7-11(9-13(10)20-3)14(18-16)15-12(19-2)5-4-8-17-15/h4-9,14,18H,16H2,1-3H3. The van der Waals surface area contributed by atoms with Crippen LogP contribution in [0.1, 0.15) is 22.9 Å². The Morgan fingerprint density at radius 1 is 1.15 bits per heavy atom. The highest BCUT2D eigenvalue weighted by molar-refractivity contribution is 5.42.